The zero-order chi connectivity index (χ0) is 20.4. The zero-order valence-electron chi connectivity index (χ0n) is 15.8. The van der Waals surface area contributed by atoms with Crippen LogP contribution in [0.2, 0.25) is 5.02 Å². The number of aryl methyl sites for hydroxylation is 1. The van der Waals surface area contributed by atoms with Gasteiger partial charge in [-0.25, -0.2) is 4.79 Å². The van der Waals surface area contributed by atoms with E-state index < -0.39 is 18.0 Å². The van der Waals surface area contributed by atoms with Crippen molar-refractivity contribution in [3.63, 3.8) is 0 Å². The minimum Gasteiger partial charge on any atom is -0.449 e. The molecule has 0 radical (unpaired) electrons. The molecule has 8 heteroatoms. The molecule has 1 heterocycles. The van der Waals surface area contributed by atoms with E-state index in [1.54, 1.807) is 31.2 Å². The Labute approximate surface area is 172 Å². The molecule has 148 valence electrons. The molecule has 1 aromatic carbocycles. The van der Waals surface area contributed by atoms with E-state index in [9.17, 15) is 14.4 Å². The monoisotopic (exact) mass is 420 g/mol. The van der Waals surface area contributed by atoms with Crippen LogP contribution in [0.1, 0.15) is 40.6 Å². The van der Waals surface area contributed by atoms with Crippen molar-refractivity contribution < 1.29 is 19.1 Å². The van der Waals surface area contributed by atoms with Crippen molar-refractivity contribution in [1.29, 1.82) is 0 Å². The number of ether oxygens (including phenoxy) is 1. The predicted octanol–water partition coefficient (Wildman–Crippen LogP) is 4.55. The molecular weight excluding hydrogens is 400 g/mol. The molecule has 0 aliphatic heterocycles. The van der Waals surface area contributed by atoms with Crippen LogP contribution in [0.25, 0.3) is 0 Å². The average Bonchev–Trinajstić information content (AvgIpc) is 3.42. The van der Waals surface area contributed by atoms with E-state index in [4.69, 9.17) is 16.3 Å². The van der Waals surface area contributed by atoms with Crippen LogP contribution < -0.4 is 10.6 Å². The minimum absolute atomic E-state index is 0.0222. The van der Waals surface area contributed by atoms with Crippen LogP contribution in [-0.4, -0.2) is 23.9 Å². The fraction of sp³-hybridized carbons (Fsp3) is 0.350. The maximum absolute atomic E-state index is 12.7. The molecule has 3 rings (SSSR count). The molecule has 0 saturated heterocycles. The molecule has 0 bridgehead atoms. The minimum atomic E-state index is -1.02. The Morgan fingerprint density at radius 3 is 2.57 bits per heavy atom. The molecule has 2 amide bonds. The standard InChI is InChI=1S/C20H21ClN2O4S/c1-10-12(3)28-19(23-18(25)13-7-8-13)16(10)20(26)27-11(2)17(24)22-15-6-4-5-14(21)9-15/h4-6,9,11,13H,7-8H2,1-3H3,(H,22,24)(H,23,25)/t11-/m1/s1. The van der Waals surface area contributed by atoms with E-state index >= 15 is 0 Å². The highest BCUT2D eigenvalue weighted by Gasteiger charge is 2.32. The zero-order valence-corrected chi connectivity index (χ0v) is 17.4. The lowest BCUT2D eigenvalue weighted by Gasteiger charge is -2.14. The predicted molar refractivity (Wildman–Crippen MR) is 110 cm³/mol. The number of anilines is 2. The molecule has 2 aromatic rings. The van der Waals surface area contributed by atoms with Crippen molar-refractivity contribution in [3.8, 4) is 0 Å². The fourth-order valence-corrected chi connectivity index (χ4v) is 3.85. The smallest absolute Gasteiger partial charge is 0.342 e. The number of rotatable bonds is 6. The molecule has 2 N–H and O–H groups in total. The van der Waals surface area contributed by atoms with E-state index in [1.807, 2.05) is 6.92 Å². The summed E-state index contributed by atoms with van der Waals surface area (Å²) < 4.78 is 5.36. The summed E-state index contributed by atoms with van der Waals surface area (Å²) in [6, 6.07) is 6.70. The molecule has 1 atom stereocenters. The van der Waals surface area contributed by atoms with Crippen LogP contribution in [-0.2, 0) is 14.3 Å². The fourth-order valence-electron chi connectivity index (χ4n) is 2.60. The van der Waals surface area contributed by atoms with E-state index in [0.717, 1.165) is 23.3 Å². The SMILES string of the molecule is Cc1sc(NC(=O)C2CC2)c(C(=O)O[C@H](C)C(=O)Nc2cccc(Cl)c2)c1C. The van der Waals surface area contributed by atoms with Gasteiger partial charge < -0.3 is 15.4 Å². The second-order valence-electron chi connectivity index (χ2n) is 6.80. The summed E-state index contributed by atoms with van der Waals surface area (Å²) >= 11 is 7.24. The van der Waals surface area contributed by atoms with Crippen LogP contribution >= 0.6 is 22.9 Å². The van der Waals surface area contributed by atoms with Gasteiger partial charge in [0.2, 0.25) is 5.91 Å². The topological polar surface area (TPSA) is 84.5 Å². The highest BCUT2D eigenvalue weighted by atomic mass is 35.5. The summed E-state index contributed by atoms with van der Waals surface area (Å²) in [5.41, 5.74) is 1.56. The summed E-state index contributed by atoms with van der Waals surface area (Å²) in [4.78, 5) is 38.1. The average molecular weight is 421 g/mol. The van der Waals surface area contributed by atoms with E-state index in [0.29, 0.717) is 21.3 Å². The number of esters is 1. The van der Waals surface area contributed by atoms with E-state index in [-0.39, 0.29) is 11.8 Å². The summed E-state index contributed by atoms with van der Waals surface area (Å²) in [5.74, 6) is -1.17. The van der Waals surface area contributed by atoms with Crippen LogP contribution in [0.3, 0.4) is 0 Å². The van der Waals surface area contributed by atoms with Gasteiger partial charge in [-0.1, -0.05) is 17.7 Å². The largest absolute Gasteiger partial charge is 0.449 e. The third-order valence-corrected chi connectivity index (χ3v) is 5.88. The lowest BCUT2D eigenvalue weighted by atomic mass is 10.1. The highest BCUT2D eigenvalue weighted by Crippen LogP contribution is 2.36. The molecule has 1 aromatic heterocycles. The Hall–Kier alpha value is -2.38. The molecule has 0 spiro atoms. The van der Waals surface area contributed by atoms with Gasteiger partial charge >= 0.3 is 5.97 Å². The maximum Gasteiger partial charge on any atom is 0.342 e. The number of amides is 2. The van der Waals surface area contributed by atoms with Gasteiger partial charge in [0.1, 0.15) is 5.00 Å². The molecule has 1 aliphatic rings. The lowest BCUT2D eigenvalue weighted by molar-refractivity contribution is -0.123. The maximum atomic E-state index is 12.7. The summed E-state index contributed by atoms with van der Waals surface area (Å²) in [7, 11) is 0. The normalized spacial score (nSPS) is 14.3. The number of carbonyl (C=O) groups excluding carboxylic acids is 3. The van der Waals surface area contributed by atoms with E-state index in [1.165, 1.54) is 18.3 Å². The Morgan fingerprint density at radius 1 is 1.21 bits per heavy atom. The van der Waals surface area contributed by atoms with Gasteiger partial charge in [0, 0.05) is 21.5 Å². The Morgan fingerprint density at radius 2 is 1.93 bits per heavy atom. The van der Waals surface area contributed by atoms with Crippen molar-refractivity contribution in [3.05, 3.63) is 45.3 Å². The Bertz CT molecular complexity index is 936. The van der Waals surface area contributed by atoms with Crippen LogP contribution in [0.15, 0.2) is 24.3 Å². The van der Waals surface area contributed by atoms with Crippen LogP contribution in [0.4, 0.5) is 10.7 Å². The van der Waals surface area contributed by atoms with Gasteiger partial charge in [-0.3, -0.25) is 9.59 Å². The van der Waals surface area contributed by atoms with Crippen molar-refractivity contribution in [2.45, 2.75) is 39.7 Å². The molecule has 1 fully saturated rings. The Kier molecular flexibility index (Phi) is 6.05. The number of thiophene rings is 1. The molecule has 1 aliphatic carbocycles. The van der Waals surface area contributed by atoms with E-state index in [2.05, 4.69) is 10.6 Å². The first-order valence-corrected chi connectivity index (χ1v) is 10.1. The molecule has 0 unspecified atom stereocenters. The van der Waals surface area contributed by atoms with Gasteiger partial charge in [0.05, 0.1) is 5.56 Å². The second-order valence-corrected chi connectivity index (χ2v) is 8.46. The summed E-state index contributed by atoms with van der Waals surface area (Å²) in [5, 5.41) is 6.45. The summed E-state index contributed by atoms with van der Waals surface area (Å²) in [6.07, 6.45) is 0.726. The van der Waals surface area contributed by atoms with Crippen molar-refractivity contribution in [2.24, 2.45) is 5.92 Å². The van der Waals surface area contributed by atoms with Crippen LogP contribution in [0.5, 0.6) is 0 Å². The first-order chi connectivity index (χ1) is 13.3. The van der Waals surface area contributed by atoms with Crippen molar-refractivity contribution in [1.82, 2.24) is 0 Å². The molecular formula is C20H21ClN2O4S. The number of halogens is 1. The van der Waals surface area contributed by atoms with Gasteiger partial charge in [0.25, 0.3) is 5.91 Å². The quantitative estimate of drug-likeness (QED) is 0.671. The highest BCUT2D eigenvalue weighted by molar-refractivity contribution is 7.16. The number of hydrogen-bond donors (Lipinski definition) is 2. The number of benzene rings is 1. The van der Waals surface area contributed by atoms with Crippen LogP contribution in [0, 0.1) is 19.8 Å². The Balaban J connectivity index is 1.69. The first kappa shape index (κ1) is 20.4. The summed E-state index contributed by atoms with van der Waals surface area (Å²) in [6.45, 7) is 5.17. The van der Waals surface area contributed by atoms with Gasteiger partial charge in [-0.05, 0) is 57.4 Å². The number of carbonyl (C=O) groups is 3. The van der Waals surface area contributed by atoms with Crippen molar-refractivity contribution in [2.75, 3.05) is 10.6 Å². The lowest BCUT2D eigenvalue weighted by Crippen LogP contribution is -2.30. The van der Waals surface area contributed by atoms with Gasteiger partial charge in [-0.15, -0.1) is 11.3 Å². The second kappa shape index (κ2) is 8.32. The van der Waals surface area contributed by atoms with Gasteiger partial charge in [0.15, 0.2) is 6.10 Å². The van der Waals surface area contributed by atoms with Crippen molar-refractivity contribution >= 4 is 51.4 Å². The third kappa shape index (κ3) is 4.72. The third-order valence-electron chi connectivity index (χ3n) is 4.52. The molecule has 1 saturated carbocycles. The number of nitrogens with one attached hydrogen (secondary N) is 2. The molecule has 6 nitrogen and oxygen atoms in total. The number of hydrogen-bond acceptors (Lipinski definition) is 5. The molecule has 28 heavy (non-hydrogen) atoms. The van der Waals surface area contributed by atoms with Gasteiger partial charge in [-0.2, -0.15) is 0 Å². The first-order valence-electron chi connectivity index (χ1n) is 8.94.